The summed E-state index contributed by atoms with van der Waals surface area (Å²) in [5.41, 5.74) is 2.24. The number of hydrogen-bond acceptors (Lipinski definition) is 6. The quantitative estimate of drug-likeness (QED) is 0.583. The maximum absolute atomic E-state index is 13.5. The van der Waals surface area contributed by atoms with Gasteiger partial charge in [0.2, 0.25) is 0 Å². The van der Waals surface area contributed by atoms with E-state index in [2.05, 4.69) is 4.99 Å². The molecule has 154 valence electrons. The van der Waals surface area contributed by atoms with Gasteiger partial charge in [0.25, 0.3) is 5.56 Å². The van der Waals surface area contributed by atoms with Crippen molar-refractivity contribution in [3.05, 3.63) is 88.5 Å². The molecule has 0 bridgehead atoms. The van der Waals surface area contributed by atoms with Crippen LogP contribution in [0.1, 0.15) is 35.9 Å². The number of aryl methyl sites for hydroxylation is 1. The Morgan fingerprint density at radius 2 is 2.00 bits per heavy atom. The van der Waals surface area contributed by atoms with Crippen molar-refractivity contribution in [1.82, 2.24) is 4.57 Å². The summed E-state index contributed by atoms with van der Waals surface area (Å²) in [5, 5.41) is 1.97. The molecule has 0 amide bonds. The monoisotopic (exact) mass is 442 g/mol. The van der Waals surface area contributed by atoms with Gasteiger partial charge in [0.1, 0.15) is 5.82 Å². The van der Waals surface area contributed by atoms with E-state index in [-0.39, 0.29) is 17.7 Å². The number of ether oxygens (including phenoxy) is 1. The number of nitrogens with zero attached hydrogens (tertiary/aromatic N) is 2. The fourth-order valence-electron chi connectivity index (χ4n) is 3.40. The molecule has 3 aromatic rings. The van der Waals surface area contributed by atoms with Gasteiger partial charge in [-0.2, -0.15) is 0 Å². The molecule has 8 heteroatoms. The van der Waals surface area contributed by atoms with Crippen LogP contribution >= 0.6 is 22.7 Å². The van der Waals surface area contributed by atoms with Crippen LogP contribution in [0.2, 0.25) is 0 Å². The number of thiophene rings is 1. The first-order valence-electron chi connectivity index (χ1n) is 9.40. The second-order valence-electron chi connectivity index (χ2n) is 6.82. The molecule has 0 radical (unpaired) electrons. The molecule has 3 heterocycles. The summed E-state index contributed by atoms with van der Waals surface area (Å²) in [5.74, 6) is -0.922. The number of allylic oxidation sites excluding steroid dienone is 1. The van der Waals surface area contributed by atoms with E-state index in [4.69, 9.17) is 4.74 Å². The summed E-state index contributed by atoms with van der Waals surface area (Å²) in [7, 11) is 0. The van der Waals surface area contributed by atoms with E-state index in [1.54, 1.807) is 37.3 Å². The molecule has 0 spiro atoms. The van der Waals surface area contributed by atoms with E-state index in [9.17, 15) is 14.0 Å². The Morgan fingerprint density at radius 3 is 2.63 bits per heavy atom. The fourth-order valence-corrected chi connectivity index (χ4v) is 5.36. The Kier molecular flexibility index (Phi) is 5.53. The van der Waals surface area contributed by atoms with Crippen molar-refractivity contribution in [1.29, 1.82) is 0 Å². The summed E-state index contributed by atoms with van der Waals surface area (Å²) >= 11 is 2.83. The van der Waals surface area contributed by atoms with Crippen molar-refractivity contribution in [3.8, 4) is 0 Å². The summed E-state index contributed by atoms with van der Waals surface area (Å²) in [6, 6.07) is 7.07. The highest BCUT2D eigenvalue weighted by Gasteiger charge is 2.33. The van der Waals surface area contributed by atoms with Crippen LogP contribution < -0.4 is 14.9 Å². The highest BCUT2D eigenvalue weighted by molar-refractivity contribution is 7.11. The first kappa shape index (κ1) is 20.4. The maximum Gasteiger partial charge on any atom is 0.338 e. The normalized spacial score (nSPS) is 16.4. The number of hydrogen-bond donors (Lipinski definition) is 0. The summed E-state index contributed by atoms with van der Waals surface area (Å²) in [4.78, 5) is 32.2. The Balaban J connectivity index is 1.97. The lowest BCUT2D eigenvalue weighted by Crippen LogP contribution is -2.39. The van der Waals surface area contributed by atoms with Gasteiger partial charge < -0.3 is 4.74 Å². The Bertz CT molecular complexity index is 1330. The third-order valence-electron chi connectivity index (χ3n) is 4.87. The summed E-state index contributed by atoms with van der Waals surface area (Å²) in [6.45, 7) is 5.64. The van der Waals surface area contributed by atoms with Gasteiger partial charge in [0.15, 0.2) is 4.80 Å². The van der Waals surface area contributed by atoms with Crippen molar-refractivity contribution in [2.24, 2.45) is 4.99 Å². The third kappa shape index (κ3) is 3.57. The molecule has 1 aliphatic rings. The lowest BCUT2D eigenvalue weighted by atomic mass is 9.96. The number of thiazole rings is 1. The van der Waals surface area contributed by atoms with Crippen LogP contribution in [-0.2, 0) is 9.53 Å². The highest BCUT2D eigenvalue weighted by Crippen LogP contribution is 2.30. The number of benzene rings is 1. The van der Waals surface area contributed by atoms with Gasteiger partial charge in [-0.25, -0.2) is 14.2 Å². The molecule has 1 aliphatic heterocycles. The average Bonchev–Trinajstić information content (AvgIpc) is 3.25. The van der Waals surface area contributed by atoms with Crippen LogP contribution in [0.4, 0.5) is 4.39 Å². The minimum atomic E-state index is -0.729. The van der Waals surface area contributed by atoms with Gasteiger partial charge >= 0.3 is 5.97 Å². The molecule has 0 fully saturated rings. The predicted octanol–water partition coefficient (Wildman–Crippen LogP) is 3.31. The zero-order valence-corrected chi connectivity index (χ0v) is 18.3. The molecule has 0 N–H and O–H groups in total. The molecule has 0 unspecified atom stereocenters. The number of aromatic nitrogens is 1. The second kappa shape index (κ2) is 8.12. The topological polar surface area (TPSA) is 60.7 Å². The van der Waals surface area contributed by atoms with Gasteiger partial charge in [-0.05, 0) is 61.6 Å². The van der Waals surface area contributed by atoms with Gasteiger partial charge in [-0.1, -0.05) is 23.5 Å². The number of esters is 1. The number of halogens is 1. The van der Waals surface area contributed by atoms with Crippen molar-refractivity contribution in [2.45, 2.75) is 26.8 Å². The molecule has 5 nitrogen and oxygen atoms in total. The largest absolute Gasteiger partial charge is 0.463 e. The highest BCUT2D eigenvalue weighted by atomic mass is 32.1. The van der Waals surface area contributed by atoms with Crippen LogP contribution in [-0.4, -0.2) is 17.1 Å². The molecule has 30 heavy (non-hydrogen) atoms. The summed E-state index contributed by atoms with van der Waals surface area (Å²) < 4.78 is 20.8. The zero-order valence-electron chi connectivity index (χ0n) is 16.6. The number of carbonyl (C=O) groups excluding carboxylic acids is 1. The first-order valence-corrected chi connectivity index (χ1v) is 11.1. The second-order valence-corrected chi connectivity index (χ2v) is 8.78. The van der Waals surface area contributed by atoms with Crippen LogP contribution in [0, 0.1) is 12.7 Å². The lowest BCUT2D eigenvalue weighted by molar-refractivity contribution is -0.139. The zero-order chi connectivity index (χ0) is 21.4. The third-order valence-corrected chi connectivity index (χ3v) is 6.82. The van der Waals surface area contributed by atoms with E-state index in [0.29, 0.717) is 20.6 Å². The van der Waals surface area contributed by atoms with Crippen LogP contribution in [0.5, 0.6) is 0 Å². The lowest BCUT2D eigenvalue weighted by Gasteiger charge is -2.24. The number of rotatable bonds is 4. The Morgan fingerprint density at radius 1 is 1.27 bits per heavy atom. The first-order chi connectivity index (χ1) is 14.4. The minimum Gasteiger partial charge on any atom is -0.463 e. The molecule has 0 saturated carbocycles. The molecule has 4 rings (SSSR count). The van der Waals surface area contributed by atoms with Crippen LogP contribution in [0.25, 0.3) is 6.08 Å². The van der Waals surface area contributed by atoms with Gasteiger partial charge in [0, 0.05) is 4.88 Å². The summed E-state index contributed by atoms with van der Waals surface area (Å²) in [6.07, 6.45) is 1.86. The smallest absolute Gasteiger partial charge is 0.338 e. The van der Waals surface area contributed by atoms with Crippen molar-refractivity contribution in [2.75, 3.05) is 6.61 Å². The minimum absolute atomic E-state index is 0.202. The fraction of sp³-hybridized carbons (Fsp3) is 0.227. The molecule has 0 saturated heterocycles. The Hall–Kier alpha value is -2.84. The number of carbonyl (C=O) groups is 1. The van der Waals surface area contributed by atoms with E-state index in [1.807, 2.05) is 24.4 Å². The van der Waals surface area contributed by atoms with Crippen molar-refractivity contribution in [3.63, 3.8) is 0 Å². The molecule has 1 atom stereocenters. The number of fused-ring (bicyclic) bond motifs is 1. The molecular weight excluding hydrogens is 423 g/mol. The van der Waals surface area contributed by atoms with Gasteiger partial charge in [-0.3, -0.25) is 9.36 Å². The van der Waals surface area contributed by atoms with Crippen LogP contribution in [0.3, 0.4) is 0 Å². The molecule has 2 aromatic heterocycles. The van der Waals surface area contributed by atoms with Crippen molar-refractivity contribution < 1.29 is 13.9 Å². The molecule has 0 aliphatic carbocycles. The van der Waals surface area contributed by atoms with E-state index in [1.165, 1.54) is 28.0 Å². The van der Waals surface area contributed by atoms with E-state index >= 15 is 0 Å². The SMILES string of the molecule is CCOC(=O)C1=C(C)N=c2s/c(=C\c3sccc3C)c(=O)n2[C@H]1c1ccc(F)cc1. The average molecular weight is 443 g/mol. The molecular formula is C22H19FN2O3S2. The van der Waals surface area contributed by atoms with Gasteiger partial charge in [0.05, 0.1) is 28.5 Å². The van der Waals surface area contributed by atoms with E-state index in [0.717, 1.165) is 10.4 Å². The maximum atomic E-state index is 13.5. The molecule has 1 aromatic carbocycles. The Labute approximate surface area is 180 Å². The van der Waals surface area contributed by atoms with Crippen molar-refractivity contribution >= 4 is 34.7 Å². The predicted molar refractivity (Wildman–Crippen MR) is 116 cm³/mol. The van der Waals surface area contributed by atoms with Crippen LogP contribution in [0.15, 0.2) is 56.8 Å². The van der Waals surface area contributed by atoms with Gasteiger partial charge in [-0.15, -0.1) is 11.3 Å². The standard InChI is InChI=1S/C22H19FN2O3S2/c1-4-28-21(27)18-13(3)24-22-25(19(18)14-5-7-15(23)8-6-14)20(26)17(30-22)11-16-12(2)9-10-29-16/h5-11,19H,4H2,1-3H3/b17-11-/t19-/m0/s1. The van der Waals surface area contributed by atoms with E-state index < -0.39 is 17.8 Å².